The van der Waals surface area contributed by atoms with Gasteiger partial charge in [0.1, 0.15) is 12.4 Å². The van der Waals surface area contributed by atoms with Crippen LogP contribution in [-0.2, 0) is 6.61 Å². The molecule has 0 aromatic heterocycles. The van der Waals surface area contributed by atoms with E-state index in [-0.39, 0.29) is 41.8 Å². The molecule has 0 unspecified atom stereocenters. The van der Waals surface area contributed by atoms with Gasteiger partial charge in [0.2, 0.25) is 0 Å². The van der Waals surface area contributed by atoms with Gasteiger partial charge >= 0.3 is 0 Å². The van der Waals surface area contributed by atoms with E-state index in [1.807, 2.05) is 0 Å². The molecular formula is C15H15Cl2F2NO3. The van der Waals surface area contributed by atoms with Gasteiger partial charge in [-0.2, -0.15) is 0 Å². The van der Waals surface area contributed by atoms with E-state index in [0.717, 1.165) is 6.07 Å². The Labute approximate surface area is 143 Å². The lowest BCUT2D eigenvalue weighted by atomic mass is 10.2. The Morgan fingerprint density at radius 3 is 2.30 bits per heavy atom. The first-order valence-electron chi connectivity index (χ1n) is 6.24. The molecule has 23 heavy (non-hydrogen) atoms. The highest BCUT2D eigenvalue weighted by molar-refractivity contribution is 6.33. The largest absolute Gasteiger partial charge is 0.496 e. The number of nitrogen functional groups attached to an aromatic ring is 1. The van der Waals surface area contributed by atoms with Crippen LogP contribution in [0, 0.1) is 11.6 Å². The quantitative estimate of drug-likeness (QED) is 0.806. The first-order chi connectivity index (χ1) is 10.5. The van der Waals surface area contributed by atoms with E-state index in [4.69, 9.17) is 31.5 Å². The second-order valence-electron chi connectivity index (χ2n) is 4.36. The number of halogens is 4. The van der Waals surface area contributed by atoms with Gasteiger partial charge in [-0.25, -0.2) is 8.78 Å². The van der Waals surface area contributed by atoms with Crippen molar-refractivity contribution in [3.8, 4) is 17.2 Å². The third-order valence-electron chi connectivity index (χ3n) is 3.03. The highest BCUT2D eigenvalue weighted by Crippen LogP contribution is 2.36. The molecule has 4 nitrogen and oxygen atoms in total. The Hall–Kier alpha value is -1.92. The Kier molecular flexibility index (Phi) is 6.72. The summed E-state index contributed by atoms with van der Waals surface area (Å²) in [5.41, 5.74) is 5.94. The van der Waals surface area contributed by atoms with Gasteiger partial charge in [-0.05, 0) is 12.1 Å². The Morgan fingerprint density at radius 2 is 1.70 bits per heavy atom. The van der Waals surface area contributed by atoms with Crippen molar-refractivity contribution in [2.24, 2.45) is 0 Å². The van der Waals surface area contributed by atoms with Crippen LogP contribution < -0.4 is 19.9 Å². The van der Waals surface area contributed by atoms with Gasteiger partial charge in [0.05, 0.1) is 30.5 Å². The van der Waals surface area contributed by atoms with Crippen molar-refractivity contribution in [1.29, 1.82) is 0 Å². The predicted molar refractivity (Wildman–Crippen MR) is 86.9 cm³/mol. The molecule has 126 valence electrons. The second-order valence-corrected chi connectivity index (χ2v) is 4.76. The summed E-state index contributed by atoms with van der Waals surface area (Å²) in [6, 6.07) is 5.24. The first-order valence-corrected chi connectivity index (χ1v) is 6.62. The summed E-state index contributed by atoms with van der Waals surface area (Å²) < 4.78 is 42.8. The molecular weight excluding hydrogens is 351 g/mol. The Balaban J connectivity index is 0.00000264. The molecule has 2 aromatic carbocycles. The third kappa shape index (κ3) is 4.09. The molecule has 0 heterocycles. The molecule has 0 aliphatic carbocycles. The average molecular weight is 366 g/mol. The SMILES string of the molecule is COc1cc(Cl)c(N)cc1OCc1c(OC)ccc(F)c1F.Cl. The molecule has 0 saturated heterocycles. The molecule has 0 saturated carbocycles. The van der Waals surface area contributed by atoms with E-state index >= 15 is 0 Å². The maximum atomic E-state index is 13.9. The van der Waals surface area contributed by atoms with Crippen LogP contribution in [0.3, 0.4) is 0 Å². The number of methoxy groups -OCH3 is 2. The first kappa shape index (κ1) is 19.1. The molecule has 0 radical (unpaired) electrons. The monoisotopic (exact) mass is 365 g/mol. The Bertz CT molecular complexity index is 699. The smallest absolute Gasteiger partial charge is 0.169 e. The number of rotatable bonds is 5. The standard InChI is InChI=1S/C15H14ClF2NO3.ClH/c1-20-12-4-3-10(17)15(18)8(12)7-22-14-6-11(19)9(16)5-13(14)21-2;/h3-6H,7,19H2,1-2H3;1H. The predicted octanol–water partition coefficient (Wildman–Crippen LogP) is 4.22. The van der Waals surface area contributed by atoms with Gasteiger partial charge in [-0.15, -0.1) is 12.4 Å². The molecule has 0 atom stereocenters. The lowest BCUT2D eigenvalue weighted by Gasteiger charge is -2.14. The summed E-state index contributed by atoms with van der Waals surface area (Å²) >= 11 is 5.89. The summed E-state index contributed by atoms with van der Waals surface area (Å²) in [4.78, 5) is 0. The highest BCUT2D eigenvalue weighted by atomic mass is 35.5. The number of nitrogens with two attached hydrogens (primary N) is 1. The maximum absolute atomic E-state index is 13.9. The molecule has 0 spiro atoms. The van der Waals surface area contributed by atoms with E-state index < -0.39 is 11.6 Å². The summed E-state index contributed by atoms with van der Waals surface area (Å²) in [7, 11) is 2.79. The minimum absolute atomic E-state index is 0. The second kappa shape index (κ2) is 8.08. The fraction of sp³-hybridized carbons (Fsp3) is 0.200. The van der Waals surface area contributed by atoms with Gasteiger partial charge in [-0.3, -0.25) is 0 Å². The van der Waals surface area contributed by atoms with Crippen molar-refractivity contribution in [1.82, 2.24) is 0 Å². The van der Waals surface area contributed by atoms with Crippen molar-refractivity contribution in [3.63, 3.8) is 0 Å². The van der Waals surface area contributed by atoms with Gasteiger partial charge in [-0.1, -0.05) is 11.6 Å². The molecule has 0 aliphatic rings. The molecule has 2 rings (SSSR count). The number of hydrogen-bond donors (Lipinski definition) is 1. The van der Waals surface area contributed by atoms with Crippen molar-refractivity contribution in [2.45, 2.75) is 6.61 Å². The van der Waals surface area contributed by atoms with E-state index in [1.54, 1.807) is 0 Å². The lowest BCUT2D eigenvalue weighted by Crippen LogP contribution is -2.05. The van der Waals surface area contributed by atoms with Gasteiger partial charge in [0, 0.05) is 12.1 Å². The van der Waals surface area contributed by atoms with Crippen LogP contribution in [0.4, 0.5) is 14.5 Å². The fourth-order valence-electron chi connectivity index (χ4n) is 1.87. The van der Waals surface area contributed by atoms with E-state index in [1.165, 1.54) is 32.4 Å². The zero-order valence-electron chi connectivity index (χ0n) is 12.4. The number of hydrogen-bond acceptors (Lipinski definition) is 4. The van der Waals surface area contributed by atoms with Crippen LogP contribution in [0.15, 0.2) is 24.3 Å². The summed E-state index contributed by atoms with van der Waals surface area (Å²) in [5.74, 6) is -1.24. The average Bonchev–Trinajstić information content (AvgIpc) is 2.51. The summed E-state index contributed by atoms with van der Waals surface area (Å²) in [6.45, 7) is -0.260. The molecule has 0 aliphatic heterocycles. The van der Waals surface area contributed by atoms with E-state index in [9.17, 15) is 8.78 Å². The molecule has 0 bridgehead atoms. The van der Waals surface area contributed by atoms with Crippen molar-refractivity contribution in [3.05, 3.63) is 46.5 Å². The number of anilines is 1. The van der Waals surface area contributed by atoms with Gasteiger partial charge < -0.3 is 19.9 Å². The zero-order chi connectivity index (χ0) is 16.3. The number of benzene rings is 2. The Morgan fingerprint density at radius 1 is 1.04 bits per heavy atom. The fourth-order valence-corrected chi connectivity index (χ4v) is 2.03. The van der Waals surface area contributed by atoms with Crippen LogP contribution in [0.2, 0.25) is 5.02 Å². The van der Waals surface area contributed by atoms with Gasteiger partial charge in [0.15, 0.2) is 23.1 Å². The summed E-state index contributed by atoms with van der Waals surface area (Å²) in [6.07, 6.45) is 0. The van der Waals surface area contributed by atoms with Crippen molar-refractivity contribution < 1.29 is 23.0 Å². The van der Waals surface area contributed by atoms with E-state index in [0.29, 0.717) is 10.8 Å². The van der Waals surface area contributed by atoms with Crippen LogP contribution in [0.1, 0.15) is 5.56 Å². The minimum Gasteiger partial charge on any atom is -0.496 e. The molecule has 2 aromatic rings. The van der Waals surface area contributed by atoms with Crippen molar-refractivity contribution in [2.75, 3.05) is 20.0 Å². The number of ether oxygens (including phenoxy) is 3. The van der Waals surface area contributed by atoms with Crippen LogP contribution in [-0.4, -0.2) is 14.2 Å². The maximum Gasteiger partial charge on any atom is 0.169 e. The third-order valence-corrected chi connectivity index (χ3v) is 3.36. The van der Waals surface area contributed by atoms with Crippen LogP contribution in [0.25, 0.3) is 0 Å². The molecule has 8 heteroatoms. The normalized spacial score (nSPS) is 9.96. The van der Waals surface area contributed by atoms with Gasteiger partial charge in [0.25, 0.3) is 0 Å². The summed E-state index contributed by atoms with van der Waals surface area (Å²) in [5, 5.41) is 0.304. The van der Waals surface area contributed by atoms with Crippen molar-refractivity contribution >= 4 is 29.7 Å². The highest BCUT2D eigenvalue weighted by Gasteiger charge is 2.16. The lowest BCUT2D eigenvalue weighted by molar-refractivity contribution is 0.270. The zero-order valence-corrected chi connectivity index (χ0v) is 13.9. The molecule has 0 fully saturated rings. The topological polar surface area (TPSA) is 53.7 Å². The molecule has 0 amide bonds. The van der Waals surface area contributed by atoms with Crippen LogP contribution in [0.5, 0.6) is 17.2 Å². The molecule has 2 N–H and O–H groups in total. The van der Waals surface area contributed by atoms with E-state index in [2.05, 4.69) is 0 Å². The minimum atomic E-state index is -1.03. The van der Waals surface area contributed by atoms with Crippen LogP contribution >= 0.6 is 24.0 Å².